The Hall–Kier alpha value is -3.13. The molecular weight excluding hydrogens is 477 g/mol. The highest BCUT2D eigenvalue weighted by Gasteiger charge is 2.22. The van der Waals surface area contributed by atoms with Gasteiger partial charge < -0.3 is 18.8 Å². The van der Waals surface area contributed by atoms with Crippen LogP contribution in [0, 0.1) is 0 Å². The first-order valence-corrected chi connectivity index (χ1v) is 11.3. The molecule has 0 amide bonds. The Labute approximate surface area is 207 Å². The largest absolute Gasteiger partial charge is 0.491 e. The Balaban J connectivity index is 1.74. The molecule has 9 heteroatoms. The van der Waals surface area contributed by atoms with Crippen LogP contribution in [0.5, 0.6) is 11.6 Å². The molecule has 0 radical (unpaired) electrons. The van der Waals surface area contributed by atoms with Crippen molar-refractivity contribution in [3.63, 3.8) is 0 Å². The molecule has 0 fully saturated rings. The molecule has 1 aromatic carbocycles. The fourth-order valence-electron chi connectivity index (χ4n) is 3.50. The lowest BCUT2D eigenvalue weighted by atomic mass is 10.0. The normalized spacial score (nSPS) is 11.2. The predicted molar refractivity (Wildman–Crippen MR) is 132 cm³/mol. The van der Waals surface area contributed by atoms with Crippen LogP contribution in [0.4, 0.5) is 0 Å². The minimum absolute atomic E-state index is 0.00591. The van der Waals surface area contributed by atoms with Gasteiger partial charge in [-0.15, -0.1) is 0 Å². The number of para-hydroxylation sites is 1. The van der Waals surface area contributed by atoms with Gasteiger partial charge >= 0.3 is 0 Å². The summed E-state index contributed by atoms with van der Waals surface area (Å²) in [5.41, 5.74) is 2.02. The number of halogens is 2. The molecule has 0 aliphatic rings. The smallest absolute Gasteiger partial charge is 0.258 e. The first-order valence-electron chi connectivity index (χ1n) is 10.5. The number of methoxy groups -OCH3 is 1. The van der Waals surface area contributed by atoms with E-state index in [2.05, 4.69) is 9.97 Å². The lowest BCUT2D eigenvalue weighted by Gasteiger charge is -2.13. The molecule has 0 aliphatic heterocycles. The second kappa shape index (κ2) is 10.4. The number of rotatable bonds is 9. The first kappa shape index (κ1) is 24.0. The van der Waals surface area contributed by atoms with Crippen molar-refractivity contribution in [1.29, 1.82) is 0 Å². The van der Waals surface area contributed by atoms with E-state index < -0.39 is 0 Å². The number of hydrogen-bond acceptors (Lipinski definition) is 7. The molecule has 3 heterocycles. The molecule has 0 bridgehead atoms. The number of benzene rings is 1. The summed E-state index contributed by atoms with van der Waals surface area (Å²) in [6.45, 7) is 1.29. The Morgan fingerprint density at radius 1 is 1.12 bits per heavy atom. The van der Waals surface area contributed by atoms with Crippen LogP contribution in [0.3, 0.4) is 0 Å². The fourth-order valence-corrected chi connectivity index (χ4v) is 4.00. The van der Waals surface area contributed by atoms with Gasteiger partial charge in [0.1, 0.15) is 18.1 Å². The summed E-state index contributed by atoms with van der Waals surface area (Å²) in [5, 5.41) is 1.24. The number of carbonyl (C=O) groups is 1. The van der Waals surface area contributed by atoms with Gasteiger partial charge in [0.05, 0.1) is 22.7 Å². The first-order chi connectivity index (χ1) is 16.4. The molecule has 4 aromatic rings. The number of nitrogens with zero attached hydrogens (tertiary/aromatic N) is 3. The predicted octanol–water partition coefficient (Wildman–Crippen LogP) is 5.57. The van der Waals surface area contributed by atoms with E-state index in [1.54, 1.807) is 6.07 Å². The van der Waals surface area contributed by atoms with Crippen LogP contribution in [0.25, 0.3) is 22.3 Å². The summed E-state index contributed by atoms with van der Waals surface area (Å²) in [4.78, 5) is 23.5. The highest BCUT2D eigenvalue weighted by atomic mass is 35.5. The van der Waals surface area contributed by atoms with Crippen molar-refractivity contribution in [2.24, 2.45) is 0 Å². The van der Waals surface area contributed by atoms with Gasteiger partial charge in [-0.2, -0.15) is 0 Å². The minimum atomic E-state index is -0.210. The Kier molecular flexibility index (Phi) is 7.36. The van der Waals surface area contributed by atoms with E-state index in [-0.39, 0.29) is 18.1 Å². The van der Waals surface area contributed by atoms with E-state index in [0.29, 0.717) is 50.3 Å². The van der Waals surface area contributed by atoms with Crippen LogP contribution < -0.4 is 9.47 Å². The second-order valence-electron chi connectivity index (χ2n) is 7.86. The number of pyridine rings is 2. The molecule has 176 valence electrons. The van der Waals surface area contributed by atoms with E-state index >= 15 is 0 Å². The SMILES string of the molecule is COc1ncc(C(=O)Cc2c(Cl)cncc2Cl)c2cc(-c3ccccc3OCCN(C)C)oc12. The maximum atomic E-state index is 13.3. The fraction of sp³-hybridized carbons (Fsp3) is 0.240. The third kappa shape index (κ3) is 5.01. The average Bonchev–Trinajstić information content (AvgIpc) is 3.26. The molecule has 0 unspecified atom stereocenters. The third-order valence-electron chi connectivity index (χ3n) is 5.26. The van der Waals surface area contributed by atoms with E-state index in [1.807, 2.05) is 43.3 Å². The quantitative estimate of drug-likeness (QED) is 0.278. The monoisotopic (exact) mass is 499 g/mol. The summed E-state index contributed by atoms with van der Waals surface area (Å²) in [6.07, 6.45) is 4.39. The van der Waals surface area contributed by atoms with Crippen LogP contribution >= 0.6 is 23.2 Å². The average molecular weight is 500 g/mol. The Bertz CT molecular complexity index is 1320. The van der Waals surface area contributed by atoms with E-state index in [4.69, 9.17) is 37.1 Å². The van der Waals surface area contributed by atoms with Gasteiger partial charge in [0.25, 0.3) is 5.88 Å². The van der Waals surface area contributed by atoms with Crippen LogP contribution in [-0.2, 0) is 6.42 Å². The number of fused-ring (bicyclic) bond motifs is 1. The number of ether oxygens (including phenoxy) is 2. The van der Waals surface area contributed by atoms with E-state index in [1.165, 1.54) is 25.7 Å². The molecule has 0 saturated carbocycles. The van der Waals surface area contributed by atoms with E-state index in [0.717, 1.165) is 12.1 Å². The van der Waals surface area contributed by atoms with Gasteiger partial charge in [0, 0.05) is 48.1 Å². The number of ketones is 1. The molecule has 0 spiro atoms. The molecule has 0 aliphatic carbocycles. The molecular formula is C25H23Cl2N3O4. The molecule has 3 aromatic heterocycles. The summed E-state index contributed by atoms with van der Waals surface area (Å²) >= 11 is 12.4. The van der Waals surface area contributed by atoms with Crippen molar-refractivity contribution >= 4 is 40.0 Å². The van der Waals surface area contributed by atoms with Gasteiger partial charge in [0.2, 0.25) is 0 Å². The topological polar surface area (TPSA) is 77.7 Å². The van der Waals surface area contributed by atoms with Crippen LogP contribution in [0.1, 0.15) is 15.9 Å². The molecule has 0 atom stereocenters. The lowest BCUT2D eigenvalue weighted by molar-refractivity contribution is 0.0994. The molecule has 7 nitrogen and oxygen atoms in total. The van der Waals surface area contributed by atoms with E-state index in [9.17, 15) is 4.79 Å². The molecule has 34 heavy (non-hydrogen) atoms. The number of furan rings is 1. The maximum Gasteiger partial charge on any atom is 0.258 e. The van der Waals surface area contributed by atoms with Crippen LogP contribution in [-0.4, -0.2) is 55.0 Å². The third-order valence-corrected chi connectivity index (χ3v) is 5.91. The molecule has 0 saturated heterocycles. The van der Waals surface area contributed by atoms with Gasteiger partial charge in [-0.1, -0.05) is 35.3 Å². The summed E-state index contributed by atoms with van der Waals surface area (Å²) in [7, 11) is 5.47. The summed E-state index contributed by atoms with van der Waals surface area (Å²) < 4.78 is 17.5. The zero-order chi connectivity index (χ0) is 24.2. The van der Waals surface area contributed by atoms with Crippen molar-refractivity contribution < 1.29 is 18.7 Å². The number of aromatic nitrogens is 2. The van der Waals surface area contributed by atoms with Crippen LogP contribution in [0.15, 0.2) is 53.3 Å². The van der Waals surface area contributed by atoms with Crippen molar-refractivity contribution in [1.82, 2.24) is 14.9 Å². The summed E-state index contributed by atoms with van der Waals surface area (Å²) in [6, 6.07) is 9.39. The number of likely N-dealkylation sites (N-methyl/N-ethyl adjacent to an activating group) is 1. The van der Waals surface area contributed by atoms with Gasteiger partial charge in [-0.05, 0) is 32.3 Å². The van der Waals surface area contributed by atoms with Gasteiger partial charge in [0.15, 0.2) is 11.4 Å². The Morgan fingerprint density at radius 3 is 2.56 bits per heavy atom. The van der Waals surface area contributed by atoms with Crippen molar-refractivity contribution in [2.45, 2.75) is 6.42 Å². The van der Waals surface area contributed by atoms with Crippen molar-refractivity contribution in [2.75, 3.05) is 34.4 Å². The highest BCUT2D eigenvalue weighted by molar-refractivity contribution is 6.36. The second-order valence-corrected chi connectivity index (χ2v) is 8.68. The highest BCUT2D eigenvalue weighted by Crippen LogP contribution is 2.38. The zero-order valence-electron chi connectivity index (χ0n) is 19.0. The van der Waals surface area contributed by atoms with Gasteiger partial charge in [-0.25, -0.2) is 4.98 Å². The van der Waals surface area contributed by atoms with Crippen molar-refractivity contribution in [3.8, 4) is 23.0 Å². The minimum Gasteiger partial charge on any atom is -0.491 e. The molecule has 0 N–H and O–H groups in total. The molecule has 4 rings (SSSR count). The van der Waals surface area contributed by atoms with Crippen molar-refractivity contribution in [3.05, 3.63) is 70.1 Å². The number of Topliss-reactive ketones (excluding diaryl/α,β-unsaturated/α-hetero) is 1. The van der Waals surface area contributed by atoms with Gasteiger partial charge in [-0.3, -0.25) is 9.78 Å². The lowest BCUT2D eigenvalue weighted by Crippen LogP contribution is -2.19. The maximum absolute atomic E-state index is 13.3. The summed E-state index contributed by atoms with van der Waals surface area (Å²) in [5.74, 6) is 1.29. The standard InChI is InChI=1S/C25H23Cl2N3O4/c1-30(2)8-9-33-22-7-5-4-6-15(22)23-11-16-18(12-29-25(32-3)24(16)34-23)21(31)10-17-19(26)13-28-14-20(17)27/h4-7,11-14H,8-10H2,1-3H3. The number of carbonyl (C=O) groups excluding carboxylic acids is 1. The van der Waals surface area contributed by atoms with Crippen LogP contribution in [0.2, 0.25) is 10.0 Å². The zero-order valence-corrected chi connectivity index (χ0v) is 20.5. The Morgan fingerprint density at radius 2 is 1.85 bits per heavy atom. The number of hydrogen-bond donors (Lipinski definition) is 0.